The Morgan fingerprint density at radius 2 is 2.42 bits per heavy atom. The first kappa shape index (κ1) is 7.17. The first-order chi connectivity index (χ1) is 5.90. The molecule has 0 fully saturated rings. The predicted octanol–water partition coefficient (Wildman–Crippen LogP) is 1.69. The molecule has 1 heterocycles. The van der Waals surface area contributed by atoms with Crippen molar-refractivity contribution in [3.63, 3.8) is 0 Å². The van der Waals surface area contributed by atoms with Crippen LogP contribution < -0.4 is 4.74 Å². The van der Waals surface area contributed by atoms with Gasteiger partial charge in [0.1, 0.15) is 5.75 Å². The Kier molecular flexibility index (Phi) is 1.71. The second kappa shape index (κ2) is 2.86. The van der Waals surface area contributed by atoms with Crippen LogP contribution in [-0.2, 0) is 12.8 Å². The molecule has 2 heteroatoms. The highest BCUT2D eigenvalue weighted by Crippen LogP contribution is 2.25. The maximum absolute atomic E-state index is 8.48. The van der Waals surface area contributed by atoms with Gasteiger partial charge in [0, 0.05) is 6.42 Å². The van der Waals surface area contributed by atoms with Crippen molar-refractivity contribution in [1.29, 1.82) is 5.26 Å². The van der Waals surface area contributed by atoms with Crippen molar-refractivity contribution in [3.05, 3.63) is 29.3 Å². The topological polar surface area (TPSA) is 33.0 Å². The highest BCUT2D eigenvalue weighted by molar-refractivity contribution is 5.40. The van der Waals surface area contributed by atoms with Crippen LogP contribution >= 0.6 is 0 Å². The lowest BCUT2D eigenvalue weighted by molar-refractivity contribution is 0.356. The number of hydrogen-bond acceptors (Lipinski definition) is 2. The summed E-state index contributed by atoms with van der Waals surface area (Å²) in [6.45, 7) is 0.783. The molecule has 0 amide bonds. The molecule has 0 unspecified atom stereocenters. The van der Waals surface area contributed by atoms with Crippen molar-refractivity contribution in [3.8, 4) is 11.8 Å². The normalized spacial score (nSPS) is 13.2. The summed E-state index contributed by atoms with van der Waals surface area (Å²) in [5.74, 6) is 0.961. The fraction of sp³-hybridized carbons (Fsp3) is 0.300. The van der Waals surface area contributed by atoms with Gasteiger partial charge in [-0.2, -0.15) is 5.26 Å². The average molecular weight is 159 g/mol. The van der Waals surface area contributed by atoms with Gasteiger partial charge in [-0.05, 0) is 17.2 Å². The minimum absolute atomic E-state index is 0.469. The third-order valence-corrected chi connectivity index (χ3v) is 2.04. The minimum atomic E-state index is 0.469. The second-order valence-corrected chi connectivity index (χ2v) is 2.88. The molecular formula is C10H9NO. The third-order valence-electron chi connectivity index (χ3n) is 2.04. The summed E-state index contributed by atoms with van der Waals surface area (Å²) in [6.07, 6.45) is 1.47. The highest BCUT2D eigenvalue weighted by Gasteiger charge is 2.11. The van der Waals surface area contributed by atoms with Crippen molar-refractivity contribution in [2.45, 2.75) is 12.8 Å². The van der Waals surface area contributed by atoms with E-state index >= 15 is 0 Å². The Bertz CT molecular complexity index is 338. The maximum Gasteiger partial charge on any atom is 0.122 e. The molecular weight excluding hydrogens is 150 g/mol. The van der Waals surface area contributed by atoms with Crippen molar-refractivity contribution in [1.82, 2.24) is 0 Å². The molecule has 12 heavy (non-hydrogen) atoms. The van der Waals surface area contributed by atoms with Gasteiger partial charge in [0.2, 0.25) is 0 Å². The van der Waals surface area contributed by atoms with E-state index in [-0.39, 0.29) is 0 Å². The van der Waals surface area contributed by atoms with Gasteiger partial charge >= 0.3 is 0 Å². The van der Waals surface area contributed by atoms with Crippen LogP contribution in [0.2, 0.25) is 0 Å². The Labute approximate surface area is 71.4 Å². The van der Waals surface area contributed by atoms with E-state index in [9.17, 15) is 0 Å². The van der Waals surface area contributed by atoms with Crippen molar-refractivity contribution >= 4 is 0 Å². The van der Waals surface area contributed by atoms with Crippen LogP contribution in [0.5, 0.6) is 5.75 Å². The van der Waals surface area contributed by atoms with Gasteiger partial charge < -0.3 is 4.74 Å². The van der Waals surface area contributed by atoms with E-state index in [2.05, 4.69) is 12.1 Å². The number of ether oxygens (including phenoxy) is 1. The molecule has 1 aromatic carbocycles. The van der Waals surface area contributed by atoms with Gasteiger partial charge in [-0.15, -0.1) is 0 Å². The first-order valence-corrected chi connectivity index (χ1v) is 4.02. The zero-order valence-electron chi connectivity index (χ0n) is 6.71. The van der Waals surface area contributed by atoms with Gasteiger partial charge in [0.05, 0.1) is 19.1 Å². The number of nitrogens with zero attached hydrogens (tertiary/aromatic N) is 1. The van der Waals surface area contributed by atoms with E-state index in [0.717, 1.165) is 24.3 Å². The first-order valence-electron chi connectivity index (χ1n) is 4.02. The molecule has 0 saturated carbocycles. The number of fused-ring (bicyclic) bond motifs is 1. The minimum Gasteiger partial charge on any atom is -0.493 e. The molecule has 0 spiro atoms. The van der Waals surface area contributed by atoms with Gasteiger partial charge in [-0.1, -0.05) is 12.1 Å². The summed E-state index contributed by atoms with van der Waals surface area (Å²) in [5, 5.41) is 8.48. The molecule has 1 aliphatic heterocycles. The third kappa shape index (κ3) is 1.14. The molecule has 2 rings (SSSR count). The number of hydrogen-bond donors (Lipinski definition) is 0. The van der Waals surface area contributed by atoms with Crippen LogP contribution in [0.3, 0.4) is 0 Å². The van der Waals surface area contributed by atoms with E-state index in [0.29, 0.717) is 6.42 Å². The molecule has 0 radical (unpaired) electrons. The Morgan fingerprint density at radius 1 is 1.50 bits per heavy atom. The molecule has 60 valence electrons. The van der Waals surface area contributed by atoms with Crippen molar-refractivity contribution < 1.29 is 4.74 Å². The van der Waals surface area contributed by atoms with Gasteiger partial charge in [-0.25, -0.2) is 0 Å². The second-order valence-electron chi connectivity index (χ2n) is 2.88. The van der Waals surface area contributed by atoms with E-state index in [1.807, 2.05) is 12.1 Å². The van der Waals surface area contributed by atoms with Crippen LogP contribution in [0.1, 0.15) is 11.1 Å². The molecule has 0 N–H and O–H groups in total. The number of rotatable bonds is 1. The largest absolute Gasteiger partial charge is 0.493 e. The monoisotopic (exact) mass is 159 g/mol. The summed E-state index contributed by atoms with van der Waals surface area (Å²) in [5.41, 5.74) is 2.30. The highest BCUT2D eigenvalue weighted by atomic mass is 16.5. The molecule has 1 aromatic rings. The van der Waals surface area contributed by atoms with Crippen LogP contribution in [0, 0.1) is 11.3 Å². The van der Waals surface area contributed by atoms with Crippen LogP contribution in [-0.4, -0.2) is 6.61 Å². The Hall–Kier alpha value is -1.49. The Balaban J connectivity index is 2.34. The lowest BCUT2D eigenvalue weighted by atomic mass is 10.1. The van der Waals surface area contributed by atoms with Crippen molar-refractivity contribution in [2.75, 3.05) is 6.61 Å². The zero-order chi connectivity index (χ0) is 8.39. The van der Waals surface area contributed by atoms with Gasteiger partial charge in [0.15, 0.2) is 0 Å². The van der Waals surface area contributed by atoms with Crippen LogP contribution in [0.25, 0.3) is 0 Å². The lowest BCUT2D eigenvalue weighted by Crippen LogP contribution is -1.86. The molecule has 0 bridgehead atoms. The molecule has 0 saturated heterocycles. The molecule has 2 nitrogen and oxygen atoms in total. The van der Waals surface area contributed by atoms with E-state index < -0.39 is 0 Å². The van der Waals surface area contributed by atoms with Gasteiger partial charge in [0.25, 0.3) is 0 Å². The summed E-state index contributed by atoms with van der Waals surface area (Å²) in [6, 6.07) is 8.13. The average Bonchev–Trinajstić information content (AvgIpc) is 2.51. The fourth-order valence-electron chi connectivity index (χ4n) is 1.41. The van der Waals surface area contributed by atoms with Crippen LogP contribution in [0.15, 0.2) is 18.2 Å². The standard InChI is InChI=1S/C10H9NO/c11-5-3-8-1-2-9-4-6-12-10(9)7-8/h1-2,7H,3-4,6H2. The molecule has 0 aliphatic carbocycles. The smallest absolute Gasteiger partial charge is 0.122 e. The molecule has 0 aromatic heterocycles. The van der Waals surface area contributed by atoms with E-state index in [1.54, 1.807) is 0 Å². The number of benzene rings is 1. The van der Waals surface area contributed by atoms with Crippen LogP contribution in [0.4, 0.5) is 0 Å². The molecule has 0 atom stereocenters. The predicted molar refractivity (Wildman–Crippen MR) is 45.0 cm³/mol. The van der Waals surface area contributed by atoms with E-state index in [4.69, 9.17) is 10.00 Å². The quantitative estimate of drug-likeness (QED) is 0.624. The summed E-state index contributed by atoms with van der Waals surface area (Å²) >= 11 is 0. The number of nitriles is 1. The summed E-state index contributed by atoms with van der Waals surface area (Å²) in [4.78, 5) is 0. The molecule has 1 aliphatic rings. The maximum atomic E-state index is 8.48. The van der Waals surface area contributed by atoms with Crippen molar-refractivity contribution in [2.24, 2.45) is 0 Å². The summed E-state index contributed by atoms with van der Waals surface area (Å²) < 4.78 is 5.38. The lowest BCUT2D eigenvalue weighted by Gasteiger charge is -1.99. The Morgan fingerprint density at radius 3 is 3.25 bits per heavy atom. The zero-order valence-corrected chi connectivity index (χ0v) is 6.71. The van der Waals surface area contributed by atoms with Gasteiger partial charge in [-0.3, -0.25) is 0 Å². The fourth-order valence-corrected chi connectivity index (χ4v) is 1.41. The SMILES string of the molecule is N#CCc1ccc2c(c1)OCC2. The van der Waals surface area contributed by atoms with E-state index in [1.165, 1.54) is 5.56 Å². The summed E-state index contributed by atoms with van der Waals surface area (Å²) in [7, 11) is 0.